The van der Waals surface area contributed by atoms with Crippen molar-refractivity contribution in [2.24, 2.45) is 0 Å². The molecule has 0 spiro atoms. The molecule has 0 radical (unpaired) electrons. The number of anilines is 2. The Bertz CT molecular complexity index is 1530. The molecule has 2 aliphatic heterocycles. The van der Waals surface area contributed by atoms with Crippen molar-refractivity contribution >= 4 is 34.2 Å². The molecule has 37 heavy (non-hydrogen) atoms. The highest BCUT2D eigenvalue weighted by molar-refractivity contribution is 6.04. The molecule has 0 unspecified atom stereocenters. The quantitative estimate of drug-likeness (QED) is 0.400. The number of carbonyl (C=O) groups excluding carboxylic acids is 2. The highest BCUT2D eigenvalue weighted by Crippen LogP contribution is 2.32. The minimum absolute atomic E-state index is 0.0857. The van der Waals surface area contributed by atoms with Crippen LogP contribution in [0.3, 0.4) is 0 Å². The van der Waals surface area contributed by atoms with E-state index in [0.29, 0.717) is 66.0 Å². The molecule has 1 aromatic heterocycles. The molecule has 1 amide bonds. The van der Waals surface area contributed by atoms with Crippen LogP contribution in [0.1, 0.15) is 15.9 Å². The van der Waals surface area contributed by atoms with Crippen LogP contribution in [0.15, 0.2) is 54.6 Å². The maximum absolute atomic E-state index is 13.3. The number of hydrogen-bond donors (Lipinski definition) is 2. The van der Waals surface area contributed by atoms with Gasteiger partial charge >= 0.3 is 0 Å². The summed E-state index contributed by atoms with van der Waals surface area (Å²) < 4.78 is 23.6. The van der Waals surface area contributed by atoms with E-state index >= 15 is 0 Å². The molecule has 10 nitrogen and oxygen atoms in total. The molecule has 0 aliphatic carbocycles. The Morgan fingerprint density at radius 3 is 2.03 bits per heavy atom. The van der Waals surface area contributed by atoms with Gasteiger partial charge in [0.25, 0.3) is 5.91 Å². The third kappa shape index (κ3) is 4.61. The largest absolute Gasteiger partial charge is 0.486 e. The third-order valence-electron chi connectivity index (χ3n) is 6.13. The number of carbonyl (C=O) groups is 2. The average molecular weight is 501 g/mol. The number of benzene rings is 3. The van der Waals surface area contributed by atoms with E-state index in [2.05, 4.69) is 10.4 Å². The summed E-state index contributed by atoms with van der Waals surface area (Å²) in [6.07, 6.45) is 0.181. The maximum atomic E-state index is 13.3. The number of nitrogen functional groups attached to an aromatic ring is 1. The number of amides is 1. The first-order valence-electron chi connectivity index (χ1n) is 11.9. The minimum atomic E-state index is -0.287. The first-order valence-corrected chi connectivity index (χ1v) is 11.9. The number of nitrogens with zero attached hydrogens (tertiary/aromatic N) is 2. The van der Waals surface area contributed by atoms with Crippen LogP contribution in [0.2, 0.25) is 0 Å². The maximum Gasteiger partial charge on any atom is 0.251 e. The summed E-state index contributed by atoms with van der Waals surface area (Å²) in [5.74, 6) is 2.26. The van der Waals surface area contributed by atoms with Crippen LogP contribution >= 0.6 is 0 Å². The summed E-state index contributed by atoms with van der Waals surface area (Å²) in [6.45, 7) is 1.93. The molecule has 0 fully saturated rings. The van der Waals surface area contributed by atoms with Crippen LogP contribution in [0.4, 0.5) is 11.5 Å². The van der Waals surface area contributed by atoms with E-state index in [1.165, 1.54) is 4.68 Å². The summed E-state index contributed by atoms with van der Waals surface area (Å²) >= 11 is 0. The molecular formula is C27H24N4O6. The van der Waals surface area contributed by atoms with E-state index < -0.39 is 0 Å². The van der Waals surface area contributed by atoms with Crippen molar-refractivity contribution in [3.05, 3.63) is 65.7 Å². The van der Waals surface area contributed by atoms with Crippen molar-refractivity contribution < 1.29 is 28.5 Å². The number of ether oxygens (including phenoxy) is 4. The number of nitrogens with one attached hydrogen (secondary N) is 1. The Kier molecular flexibility index (Phi) is 5.76. The van der Waals surface area contributed by atoms with Gasteiger partial charge in [-0.25, -0.2) is 0 Å². The van der Waals surface area contributed by atoms with Gasteiger partial charge in [-0.05, 0) is 53.6 Å². The Morgan fingerprint density at radius 2 is 1.38 bits per heavy atom. The smallest absolute Gasteiger partial charge is 0.251 e. The first kappa shape index (κ1) is 22.7. The lowest BCUT2D eigenvalue weighted by molar-refractivity contribution is -0.115. The third-order valence-corrected chi connectivity index (χ3v) is 6.13. The van der Waals surface area contributed by atoms with E-state index in [1.54, 1.807) is 42.5 Å². The number of aromatic nitrogens is 2. The van der Waals surface area contributed by atoms with E-state index in [9.17, 15) is 9.59 Å². The number of fused-ring (bicyclic) bond motifs is 3. The van der Waals surface area contributed by atoms with Crippen LogP contribution in [0.25, 0.3) is 10.9 Å². The van der Waals surface area contributed by atoms with E-state index in [1.807, 2.05) is 12.1 Å². The summed E-state index contributed by atoms with van der Waals surface area (Å²) in [4.78, 5) is 26.2. The second kappa shape index (κ2) is 9.38. The van der Waals surface area contributed by atoms with Gasteiger partial charge in [-0.1, -0.05) is 12.1 Å². The zero-order valence-electron chi connectivity index (χ0n) is 19.9. The van der Waals surface area contributed by atoms with E-state index in [4.69, 9.17) is 24.7 Å². The van der Waals surface area contributed by atoms with Crippen molar-refractivity contribution in [3.8, 4) is 23.0 Å². The average Bonchev–Trinajstić information content (AvgIpc) is 3.25. The lowest BCUT2D eigenvalue weighted by Gasteiger charge is -2.18. The van der Waals surface area contributed by atoms with Gasteiger partial charge < -0.3 is 30.0 Å². The standard InChI is InChI=1S/C27H24N4O6/c28-18-3-4-20-19(15-18)27(29-25(32)13-16-1-5-21-23(11-16)36-9-7-34-21)30-31(20)26(33)14-17-2-6-22-24(12-17)37-10-8-35-22/h1-6,11-12,15H,7-10,13-14,28H2,(H,29,30,32). The van der Waals surface area contributed by atoms with E-state index in [0.717, 1.165) is 11.1 Å². The van der Waals surface area contributed by atoms with Gasteiger partial charge in [0.05, 0.1) is 18.4 Å². The summed E-state index contributed by atoms with van der Waals surface area (Å²) in [5, 5.41) is 7.85. The fraction of sp³-hybridized carbons (Fsp3) is 0.222. The Morgan fingerprint density at radius 1 is 0.784 bits per heavy atom. The van der Waals surface area contributed by atoms with Gasteiger partial charge in [-0.15, -0.1) is 5.10 Å². The predicted octanol–water partition coefficient (Wildman–Crippen LogP) is 3.23. The lowest BCUT2D eigenvalue weighted by Crippen LogP contribution is -2.19. The van der Waals surface area contributed by atoms with Gasteiger partial charge in [0.2, 0.25) is 5.91 Å². The molecule has 0 atom stereocenters. The number of nitrogens with two attached hydrogens (primary N) is 1. The van der Waals surface area contributed by atoms with Crippen LogP contribution in [0, 0.1) is 0 Å². The van der Waals surface area contributed by atoms with Gasteiger partial charge in [-0.2, -0.15) is 4.68 Å². The Balaban J connectivity index is 1.23. The normalized spacial score (nSPS) is 13.8. The number of rotatable bonds is 5. The molecule has 2 aliphatic rings. The molecule has 3 heterocycles. The van der Waals surface area contributed by atoms with Crippen molar-refractivity contribution in [1.29, 1.82) is 0 Å². The highest BCUT2D eigenvalue weighted by Gasteiger charge is 2.20. The van der Waals surface area contributed by atoms with Crippen molar-refractivity contribution in [2.45, 2.75) is 12.8 Å². The molecule has 4 aromatic rings. The second-order valence-electron chi connectivity index (χ2n) is 8.79. The Hall–Kier alpha value is -4.73. The van der Waals surface area contributed by atoms with Crippen LogP contribution in [0.5, 0.6) is 23.0 Å². The van der Waals surface area contributed by atoms with Crippen LogP contribution in [-0.4, -0.2) is 48.0 Å². The van der Waals surface area contributed by atoms with Crippen LogP contribution in [-0.2, 0) is 17.6 Å². The van der Waals surface area contributed by atoms with Gasteiger partial charge in [-0.3, -0.25) is 9.59 Å². The molecule has 0 bridgehead atoms. The monoisotopic (exact) mass is 500 g/mol. The topological polar surface area (TPSA) is 127 Å². The highest BCUT2D eigenvalue weighted by atomic mass is 16.6. The fourth-order valence-corrected chi connectivity index (χ4v) is 4.42. The molecule has 188 valence electrons. The molecule has 6 rings (SSSR count). The second-order valence-corrected chi connectivity index (χ2v) is 8.79. The van der Waals surface area contributed by atoms with Crippen molar-refractivity contribution in [2.75, 3.05) is 37.5 Å². The summed E-state index contributed by atoms with van der Waals surface area (Å²) in [7, 11) is 0. The van der Waals surface area contributed by atoms with Crippen LogP contribution < -0.4 is 30.0 Å². The Labute approximate surface area is 211 Å². The number of hydrogen-bond acceptors (Lipinski definition) is 8. The minimum Gasteiger partial charge on any atom is -0.486 e. The molecule has 0 saturated carbocycles. The molecule has 3 aromatic carbocycles. The zero-order valence-corrected chi connectivity index (χ0v) is 19.9. The molecule has 10 heteroatoms. The van der Waals surface area contributed by atoms with Crippen molar-refractivity contribution in [3.63, 3.8) is 0 Å². The first-order chi connectivity index (χ1) is 18.0. The lowest BCUT2D eigenvalue weighted by atomic mass is 10.1. The fourth-order valence-electron chi connectivity index (χ4n) is 4.42. The summed E-state index contributed by atoms with van der Waals surface area (Å²) in [6, 6.07) is 15.9. The van der Waals surface area contributed by atoms with E-state index in [-0.39, 0.29) is 30.5 Å². The summed E-state index contributed by atoms with van der Waals surface area (Å²) in [5.41, 5.74) is 8.57. The SMILES string of the molecule is Nc1ccc2c(c1)c(NC(=O)Cc1ccc3c(c1)OCCO3)nn2C(=O)Cc1ccc2c(c1)OCCO2. The zero-order chi connectivity index (χ0) is 25.4. The van der Waals surface area contributed by atoms with Gasteiger partial charge in [0.15, 0.2) is 28.8 Å². The molecular weight excluding hydrogens is 476 g/mol. The molecule has 3 N–H and O–H groups in total. The van der Waals surface area contributed by atoms with Gasteiger partial charge in [0, 0.05) is 11.1 Å². The van der Waals surface area contributed by atoms with Gasteiger partial charge in [0.1, 0.15) is 26.4 Å². The predicted molar refractivity (Wildman–Crippen MR) is 136 cm³/mol. The molecule has 0 saturated heterocycles. The van der Waals surface area contributed by atoms with Crippen molar-refractivity contribution in [1.82, 2.24) is 9.78 Å².